The van der Waals surface area contributed by atoms with Crippen molar-refractivity contribution in [3.8, 4) is 0 Å². The molecule has 0 aliphatic carbocycles. The van der Waals surface area contributed by atoms with E-state index in [0.717, 1.165) is 0 Å². The maximum absolute atomic E-state index is 7.69. The van der Waals surface area contributed by atoms with Crippen molar-refractivity contribution < 1.29 is 20.4 Å². The zero-order chi connectivity index (χ0) is 5.21. The van der Waals surface area contributed by atoms with E-state index in [1.165, 1.54) is 0 Å². The van der Waals surface area contributed by atoms with E-state index in [4.69, 9.17) is 20.4 Å². The van der Waals surface area contributed by atoms with Crippen LogP contribution in [0.4, 0.5) is 0 Å². The molecule has 0 fully saturated rings. The molecule has 0 rings (SSSR count). The van der Waals surface area contributed by atoms with Gasteiger partial charge in [-0.2, -0.15) is 0 Å². The number of aliphatic hydroxyl groups is 4. The van der Waals surface area contributed by atoms with Gasteiger partial charge in [-0.3, -0.25) is 0 Å². The predicted molar refractivity (Wildman–Crippen MR) is 27.8 cm³/mol. The normalized spacial score (nSPS) is 10.3. The minimum absolute atomic E-state index is 0. The summed E-state index contributed by atoms with van der Waals surface area (Å²) in [4.78, 5) is 0. The Morgan fingerprint density at radius 3 is 1.29 bits per heavy atom. The molecule has 0 saturated heterocycles. The van der Waals surface area contributed by atoms with E-state index in [9.17, 15) is 0 Å². The maximum atomic E-state index is 7.69. The van der Waals surface area contributed by atoms with Crippen molar-refractivity contribution >= 4 is 17.6 Å². The average molecular weight is 171 g/mol. The first kappa shape index (κ1) is 10.4. The van der Waals surface area contributed by atoms with Crippen molar-refractivity contribution in [3.63, 3.8) is 0 Å². The molecule has 4 nitrogen and oxygen atoms in total. The van der Waals surface area contributed by atoms with Crippen LogP contribution in [0.25, 0.3) is 0 Å². The van der Waals surface area contributed by atoms with E-state index in [-0.39, 0.29) is 17.6 Å². The summed E-state index contributed by atoms with van der Waals surface area (Å²) in [6.45, 7) is -1.06. The summed E-state index contributed by atoms with van der Waals surface area (Å²) in [6.07, 6.45) is 0. The molecular formula is C2H10GeO4. The molecule has 0 aromatic rings. The van der Waals surface area contributed by atoms with Gasteiger partial charge in [0.15, 0.2) is 0 Å². The SMILES string of the molecule is OCC(O)(O)O.[GeH4]. The van der Waals surface area contributed by atoms with E-state index < -0.39 is 12.6 Å². The fourth-order valence-corrected chi connectivity index (χ4v) is 0. The zero-order valence-electron chi connectivity index (χ0n) is 3.00. The summed E-state index contributed by atoms with van der Waals surface area (Å²) < 4.78 is 0. The first-order valence-corrected chi connectivity index (χ1v) is 1.34. The third-order valence-electron chi connectivity index (χ3n) is 0.212. The van der Waals surface area contributed by atoms with Crippen LogP contribution < -0.4 is 0 Å². The van der Waals surface area contributed by atoms with Gasteiger partial charge in [-0.25, -0.2) is 0 Å². The van der Waals surface area contributed by atoms with Gasteiger partial charge in [0.25, 0.3) is 5.97 Å². The van der Waals surface area contributed by atoms with Crippen LogP contribution >= 0.6 is 0 Å². The van der Waals surface area contributed by atoms with E-state index in [0.29, 0.717) is 0 Å². The van der Waals surface area contributed by atoms with Crippen LogP contribution in [0.5, 0.6) is 0 Å². The first-order valence-electron chi connectivity index (χ1n) is 1.34. The quantitative estimate of drug-likeness (QED) is 0.240. The Bertz CT molecular complexity index is 39.4. The summed E-state index contributed by atoms with van der Waals surface area (Å²) in [6, 6.07) is 0. The van der Waals surface area contributed by atoms with Crippen molar-refractivity contribution in [1.82, 2.24) is 0 Å². The Labute approximate surface area is 51.4 Å². The van der Waals surface area contributed by atoms with Gasteiger partial charge < -0.3 is 20.4 Å². The molecule has 5 heteroatoms. The predicted octanol–water partition coefficient (Wildman–Crippen LogP) is -3.84. The van der Waals surface area contributed by atoms with Gasteiger partial charge in [0, 0.05) is 0 Å². The van der Waals surface area contributed by atoms with Crippen LogP contribution in [0.15, 0.2) is 0 Å². The standard InChI is InChI=1S/C2H6O4.GeH4/c3-1-2(4,5)6;/h3-6H,1H2;1H4. The van der Waals surface area contributed by atoms with E-state index in [1.807, 2.05) is 0 Å². The number of aliphatic hydroxyl groups excluding tert-OH is 1. The Kier molecular flexibility index (Phi) is 5.03. The van der Waals surface area contributed by atoms with Crippen LogP contribution in [0, 0.1) is 0 Å². The molecule has 0 saturated carbocycles. The molecule has 0 amide bonds. The molecule has 0 atom stereocenters. The van der Waals surface area contributed by atoms with Gasteiger partial charge in [0.2, 0.25) is 0 Å². The Hall–Kier alpha value is 0.383. The molecule has 7 heavy (non-hydrogen) atoms. The van der Waals surface area contributed by atoms with E-state index in [2.05, 4.69) is 0 Å². The van der Waals surface area contributed by atoms with Gasteiger partial charge >= 0.3 is 17.6 Å². The molecule has 4 N–H and O–H groups in total. The molecule has 46 valence electrons. The third-order valence-corrected chi connectivity index (χ3v) is 0.212. The van der Waals surface area contributed by atoms with Gasteiger partial charge in [0.1, 0.15) is 6.61 Å². The summed E-state index contributed by atoms with van der Waals surface area (Å²) in [5.41, 5.74) is 0. The second-order valence-corrected chi connectivity index (χ2v) is 0.932. The van der Waals surface area contributed by atoms with Crippen LogP contribution in [0.3, 0.4) is 0 Å². The fraction of sp³-hybridized carbons (Fsp3) is 1.00. The number of hydrogen-bond acceptors (Lipinski definition) is 4. The second-order valence-electron chi connectivity index (χ2n) is 0.932. The summed E-state index contributed by atoms with van der Waals surface area (Å²) >= 11 is 0. The van der Waals surface area contributed by atoms with Crippen LogP contribution in [-0.4, -0.2) is 50.6 Å². The molecule has 0 aliphatic rings. The molecule has 0 radical (unpaired) electrons. The Balaban J connectivity index is 0. The summed E-state index contributed by atoms with van der Waals surface area (Å²) in [7, 11) is 0. The Morgan fingerprint density at radius 1 is 1.14 bits per heavy atom. The molecule has 0 heterocycles. The average Bonchev–Trinajstić information content (AvgIpc) is 1.35. The molecule has 0 aliphatic heterocycles. The van der Waals surface area contributed by atoms with Crippen molar-refractivity contribution in [3.05, 3.63) is 0 Å². The van der Waals surface area contributed by atoms with E-state index >= 15 is 0 Å². The summed E-state index contributed by atoms with van der Waals surface area (Å²) in [5.74, 6) is -2.90. The molecule has 0 bridgehead atoms. The van der Waals surface area contributed by atoms with Crippen LogP contribution in [-0.2, 0) is 0 Å². The van der Waals surface area contributed by atoms with Crippen molar-refractivity contribution in [2.45, 2.75) is 5.97 Å². The topological polar surface area (TPSA) is 80.9 Å². The van der Waals surface area contributed by atoms with Gasteiger partial charge in [-0.15, -0.1) is 0 Å². The molecule has 0 aromatic heterocycles. The number of rotatable bonds is 1. The van der Waals surface area contributed by atoms with Crippen LogP contribution in [0.2, 0.25) is 0 Å². The number of hydrogen-bond donors (Lipinski definition) is 4. The van der Waals surface area contributed by atoms with Crippen molar-refractivity contribution in [2.24, 2.45) is 0 Å². The zero-order valence-corrected chi connectivity index (χ0v) is 3.00. The van der Waals surface area contributed by atoms with Gasteiger partial charge in [-0.05, 0) is 0 Å². The third kappa shape index (κ3) is 10.7. The Morgan fingerprint density at radius 2 is 1.29 bits per heavy atom. The van der Waals surface area contributed by atoms with Crippen LogP contribution in [0.1, 0.15) is 0 Å². The van der Waals surface area contributed by atoms with Gasteiger partial charge in [-0.1, -0.05) is 0 Å². The molecule has 0 aromatic carbocycles. The first-order chi connectivity index (χ1) is 2.56. The second kappa shape index (κ2) is 3.39. The van der Waals surface area contributed by atoms with E-state index in [1.54, 1.807) is 0 Å². The monoisotopic (exact) mass is 172 g/mol. The molecular weight excluding hydrogens is 161 g/mol. The molecule has 0 spiro atoms. The summed E-state index contributed by atoms with van der Waals surface area (Å²) in [5, 5.41) is 30.7. The molecule has 0 unspecified atom stereocenters. The van der Waals surface area contributed by atoms with Crippen molar-refractivity contribution in [2.75, 3.05) is 6.61 Å². The van der Waals surface area contributed by atoms with Crippen molar-refractivity contribution in [1.29, 1.82) is 0 Å². The minimum atomic E-state index is -2.90. The fourth-order valence-electron chi connectivity index (χ4n) is 0. The van der Waals surface area contributed by atoms with Gasteiger partial charge in [0.05, 0.1) is 0 Å².